The molecule has 1 heterocycles. The van der Waals surface area contributed by atoms with Gasteiger partial charge in [-0.3, -0.25) is 0 Å². The van der Waals surface area contributed by atoms with Crippen molar-refractivity contribution in [2.75, 3.05) is 33.3 Å². The van der Waals surface area contributed by atoms with E-state index < -0.39 is 0 Å². The van der Waals surface area contributed by atoms with Crippen molar-refractivity contribution in [3.05, 3.63) is 18.1 Å². The molecular weight excluding hydrogens is 340 g/mol. The number of likely N-dealkylation sites (tertiary alicyclic amines) is 1. The van der Waals surface area contributed by atoms with Gasteiger partial charge in [0.2, 0.25) is 0 Å². The number of carbonyl (C=O) groups is 1. The first-order valence-corrected chi connectivity index (χ1v) is 10.2. The number of hydrogen-bond donors (Lipinski definition) is 0. The first-order valence-electron chi connectivity index (χ1n) is 10.2. The minimum atomic E-state index is -0.301. The highest BCUT2D eigenvalue weighted by Gasteiger charge is 2.25. The SMILES string of the molecule is C=CC(=O)OCCCCCCCCCCC[N+]1(C)CCCC1.N#CN=C=[N-]. The highest BCUT2D eigenvalue weighted by atomic mass is 16.5. The van der Waals surface area contributed by atoms with Gasteiger partial charge in [0.15, 0.2) is 0 Å². The lowest BCUT2D eigenvalue weighted by molar-refractivity contribution is -0.897. The molecule has 0 aromatic rings. The Labute approximate surface area is 165 Å². The molecule has 6 nitrogen and oxygen atoms in total. The Bertz CT molecular complexity index is 487. The Balaban J connectivity index is 0.00000119. The van der Waals surface area contributed by atoms with Crippen molar-refractivity contribution in [2.24, 2.45) is 4.99 Å². The third-order valence-electron chi connectivity index (χ3n) is 5.00. The third kappa shape index (κ3) is 16.0. The topological polar surface area (TPSA) is 84.8 Å². The molecule has 1 rings (SSSR count). The van der Waals surface area contributed by atoms with Crippen LogP contribution in [0.5, 0.6) is 0 Å². The molecular formula is C21H36N4O2. The number of quaternary nitrogens is 1. The monoisotopic (exact) mass is 376 g/mol. The van der Waals surface area contributed by atoms with Gasteiger partial charge in [-0.15, -0.1) is 6.01 Å². The maximum Gasteiger partial charge on any atom is 0.330 e. The van der Waals surface area contributed by atoms with Crippen LogP contribution >= 0.6 is 0 Å². The van der Waals surface area contributed by atoms with Crippen molar-refractivity contribution >= 4 is 12.0 Å². The first kappa shape index (κ1) is 25.0. The van der Waals surface area contributed by atoms with Gasteiger partial charge >= 0.3 is 5.97 Å². The van der Waals surface area contributed by atoms with Gasteiger partial charge in [0.1, 0.15) is 0 Å². The number of hydrogen-bond acceptors (Lipinski definition) is 4. The van der Waals surface area contributed by atoms with E-state index in [1.54, 1.807) is 0 Å². The molecule has 0 radical (unpaired) electrons. The van der Waals surface area contributed by atoms with Crippen molar-refractivity contribution in [3.8, 4) is 6.19 Å². The van der Waals surface area contributed by atoms with Gasteiger partial charge in [0, 0.05) is 18.9 Å². The second-order valence-electron chi connectivity index (χ2n) is 7.36. The Morgan fingerprint density at radius 3 is 2.07 bits per heavy atom. The normalized spacial score (nSPS) is 14.2. The van der Waals surface area contributed by atoms with E-state index in [1.165, 1.54) is 107 Å². The fourth-order valence-electron chi connectivity index (χ4n) is 3.41. The number of unbranched alkanes of at least 4 members (excludes halogenated alkanes) is 8. The van der Waals surface area contributed by atoms with E-state index in [1.807, 2.05) is 0 Å². The fraction of sp³-hybridized carbons (Fsp3) is 0.762. The van der Waals surface area contributed by atoms with Gasteiger partial charge < -0.3 is 19.6 Å². The van der Waals surface area contributed by atoms with Gasteiger partial charge in [-0.05, 0) is 19.3 Å². The second kappa shape index (κ2) is 17.5. The van der Waals surface area contributed by atoms with Gasteiger partial charge in [0.05, 0.1) is 39.5 Å². The van der Waals surface area contributed by atoms with E-state index in [4.69, 9.17) is 15.4 Å². The number of nitrogens with zero attached hydrogens (tertiary/aromatic N) is 4. The summed E-state index contributed by atoms with van der Waals surface area (Å²) in [5.74, 6) is -0.301. The van der Waals surface area contributed by atoms with Crippen molar-refractivity contribution in [1.82, 2.24) is 0 Å². The zero-order chi connectivity index (χ0) is 20.2. The molecule has 0 atom stereocenters. The predicted molar refractivity (Wildman–Crippen MR) is 109 cm³/mol. The van der Waals surface area contributed by atoms with Crippen LogP contribution in [-0.4, -0.2) is 49.7 Å². The van der Waals surface area contributed by atoms with Crippen LogP contribution in [0.25, 0.3) is 5.41 Å². The lowest BCUT2D eigenvalue weighted by atomic mass is 10.1. The van der Waals surface area contributed by atoms with Crippen LogP contribution in [0.4, 0.5) is 0 Å². The zero-order valence-corrected chi connectivity index (χ0v) is 17.0. The molecule has 0 aromatic carbocycles. The van der Waals surface area contributed by atoms with E-state index >= 15 is 0 Å². The average molecular weight is 377 g/mol. The van der Waals surface area contributed by atoms with E-state index in [0.29, 0.717) is 6.61 Å². The number of rotatable bonds is 13. The summed E-state index contributed by atoms with van der Waals surface area (Å²) < 4.78 is 6.28. The van der Waals surface area contributed by atoms with Crippen LogP contribution < -0.4 is 0 Å². The fourth-order valence-corrected chi connectivity index (χ4v) is 3.41. The minimum absolute atomic E-state index is 0.301. The smallest absolute Gasteiger partial charge is 0.330 e. The van der Waals surface area contributed by atoms with Crippen LogP contribution in [0.15, 0.2) is 17.6 Å². The van der Waals surface area contributed by atoms with Crippen LogP contribution in [0.3, 0.4) is 0 Å². The summed E-state index contributed by atoms with van der Waals surface area (Å²) in [6.45, 7) is 8.13. The molecule has 0 aromatic heterocycles. The van der Waals surface area contributed by atoms with Crippen LogP contribution in [-0.2, 0) is 9.53 Å². The molecule has 0 saturated carbocycles. The third-order valence-corrected chi connectivity index (χ3v) is 5.00. The molecule has 1 aliphatic rings. The van der Waals surface area contributed by atoms with Gasteiger partial charge in [-0.25, -0.2) is 4.79 Å². The van der Waals surface area contributed by atoms with Crippen LogP contribution in [0, 0.1) is 11.5 Å². The Morgan fingerprint density at radius 1 is 1.11 bits per heavy atom. The molecule has 0 amide bonds. The number of aliphatic imine (C=N–C) groups is 1. The molecule has 27 heavy (non-hydrogen) atoms. The number of esters is 1. The molecule has 0 aliphatic carbocycles. The number of ether oxygens (including phenoxy) is 1. The molecule has 0 unspecified atom stereocenters. The standard InChI is InChI=1S/C19H36NO2.C2N3/c1-3-19(21)22-18-14-10-8-6-4-5-7-9-11-15-20(2)16-12-13-17-20;3-1-5-2-4/h3H,1,4-18H2,2H3;/q+1;-1. The largest absolute Gasteiger partial charge is 0.463 e. The number of carbonyl (C=O) groups excluding carboxylic acids is 1. The van der Waals surface area contributed by atoms with Crippen LogP contribution in [0.1, 0.15) is 70.6 Å². The lowest BCUT2D eigenvalue weighted by Crippen LogP contribution is -2.41. The van der Waals surface area contributed by atoms with Crippen molar-refractivity contribution in [1.29, 1.82) is 5.26 Å². The van der Waals surface area contributed by atoms with Crippen molar-refractivity contribution in [3.63, 3.8) is 0 Å². The molecule has 0 spiro atoms. The van der Waals surface area contributed by atoms with Gasteiger partial charge in [-0.2, -0.15) is 5.26 Å². The van der Waals surface area contributed by atoms with Gasteiger partial charge in [-0.1, -0.05) is 45.1 Å². The molecule has 0 N–H and O–H groups in total. The summed E-state index contributed by atoms with van der Waals surface area (Å²) in [5, 5.41) is 14.9. The lowest BCUT2D eigenvalue weighted by Gasteiger charge is -2.29. The summed E-state index contributed by atoms with van der Waals surface area (Å²) in [5.41, 5.74) is 0. The van der Waals surface area contributed by atoms with Crippen LogP contribution in [0.2, 0.25) is 0 Å². The minimum Gasteiger partial charge on any atom is -0.463 e. The maximum atomic E-state index is 10.8. The first-order chi connectivity index (χ1) is 13.1. The summed E-state index contributed by atoms with van der Waals surface area (Å²) in [6, 6.07) is 1.28. The molecule has 1 aliphatic heterocycles. The molecule has 1 fully saturated rings. The van der Waals surface area contributed by atoms with Crippen molar-refractivity contribution < 1.29 is 14.0 Å². The number of nitriles is 1. The predicted octanol–water partition coefficient (Wildman–Crippen LogP) is 4.68. The van der Waals surface area contributed by atoms with Gasteiger partial charge in [0.25, 0.3) is 0 Å². The molecule has 1 saturated heterocycles. The molecule has 152 valence electrons. The molecule has 0 bridgehead atoms. The Kier molecular flexibility index (Phi) is 16.2. The summed E-state index contributed by atoms with van der Waals surface area (Å²) >= 11 is 0. The quantitative estimate of drug-likeness (QED) is 0.117. The van der Waals surface area contributed by atoms with Crippen molar-refractivity contribution in [2.45, 2.75) is 70.6 Å². The Hall–Kier alpha value is -1.96. The highest BCUT2D eigenvalue weighted by Crippen LogP contribution is 2.18. The highest BCUT2D eigenvalue weighted by molar-refractivity contribution is 5.81. The van der Waals surface area contributed by atoms with E-state index in [0.717, 1.165) is 6.42 Å². The summed E-state index contributed by atoms with van der Waals surface area (Å²) in [7, 11) is 2.43. The maximum absolute atomic E-state index is 10.8. The Morgan fingerprint density at radius 2 is 1.63 bits per heavy atom. The second-order valence-corrected chi connectivity index (χ2v) is 7.36. The molecule has 6 heteroatoms. The average Bonchev–Trinajstić information content (AvgIpc) is 3.10. The zero-order valence-electron chi connectivity index (χ0n) is 17.0. The van der Waals surface area contributed by atoms with E-state index in [9.17, 15) is 4.79 Å². The van der Waals surface area contributed by atoms with E-state index in [2.05, 4.69) is 18.6 Å². The summed E-state index contributed by atoms with van der Waals surface area (Å²) in [6.07, 6.45) is 17.1. The summed E-state index contributed by atoms with van der Waals surface area (Å²) in [4.78, 5) is 13.4. The van der Waals surface area contributed by atoms with E-state index in [-0.39, 0.29) is 5.97 Å².